The highest BCUT2D eigenvalue weighted by molar-refractivity contribution is 9.10. The molecule has 0 bridgehead atoms. The summed E-state index contributed by atoms with van der Waals surface area (Å²) < 4.78 is 35.3. The molecule has 0 spiro atoms. The summed E-state index contributed by atoms with van der Waals surface area (Å²) >= 11 is 3.26. The van der Waals surface area contributed by atoms with Crippen LogP contribution in [-0.4, -0.2) is 40.4 Å². The molecule has 1 rings (SSSR count). The first-order chi connectivity index (χ1) is 8.93. The summed E-state index contributed by atoms with van der Waals surface area (Å²) in [7, 11) is -2.28. The van der Waals surface area contributed by atoms with Crippen molar-refractivity contribution in [2.45, 2.75) is 0 Å². The topological polar surface area (TPSA) is 81.7 Å². The highest BCUT2D eigenvalue weighted by Gasteiger charge is 2.14. The van der Waals surface area contributed by atoms with E-state index in [-0.39, 0.29) is 19.0 Å². The molecule has 8 heteroatoms. The second kappa shape index (κ2) is 7.46. The number of hydrogen-bond acceptors (Lipinski definition) is 5. The highest BCUT2D eigenvalue weighted by Crippen LogP contribution is 2.15. The average Bonchev–Trinajstić information content (AvgIpc) is 2.35. The van der Waals surface area contributed by atoms with E-state index in [1.807, 2.05) is 4.72 Å². The minimum atomic E-state index is -3.67. The summed E-state index contributed by atoms with van der Waals surface area (Å²) in [4.78, 5) is 11.4. The quantitative estimate of drug-likeness (QED) is 0.789. The Morgan fingerprint density at radius 3 is 2.53 bits per heavy atom. The van der Waals surface area contributed by atoms with Crippen molar-refractivity contribution in [2.75, 3.05) is 26.1 Å². The van der Waals surface area contributed by atoms with Gasteiger partial charge in [-0.25, -0.2) is 8.42 Å². The molecule has 6 nitrogen and oxygen atoms in total. The van der Waals surface area contributed by atoms with Crippen LogP contribution in [0, 0.1) is 0 Å². The lowest BCUT2D eigenvalue weighted by atomic mass is 10.3. The van der Waals surface area contributed by atoms with Crippen molar-refractivity contribution < 1.29 is 22.7 Å². The molecule has 0 saturated heterocycles. The molecule has 0 radical (unpaired) electrons. The van der Waals surface area contributed by atoms with E-state index in [0.717, 1.165) is 4.47 Å². The zero-order valence-electron chi connectivity index (χ0n) is 10.3. The second-order valence-corrected chi connectivity index (χ2v) is 6.34. The Balaban J connectivity index is 2.41. The van der Waals surface area contributed by atoms with Gasteiger partial charge in [0.25, 0.3) is 5.91 Å². The summed E-state index contributed by atoms with van der Waals surface area (Å²) in [6.07, 6.45) is 0. The molecule has 1 aromatic carbocycles. The van der Waals surface area contributed by atoms with E-state index in [9.17, 15) is 13.2 Å². The van der Waals surface area contributed by atoms with Gasteiger partial charge in [-0.1, -0.05) is 15.9 Å². The van der Waals surface area contributed by atoms with Crippen LogP contribution in [0.1, 0.15) is 0 Å². The van der Waals surface area contributed by atoms with Gasteiger partial charge in [0.05, 0.1) is 12.4 Å². The second-order valence-electron chi connectivity index (χ2n) is 3.58. The fourth-order valence-electron chi connectivity index (χ4n) is 1.13. The molecule has 0 fully saturated rings. The number of sulfonamides is 1. The third-order valence-electron chi connectivity index (χ3n) is 2.01. The van der Waals surface area contributed by atoms with Gasteiger partial charge in [-0.15, -0.1) is 0 Å². The molecule has 19 heavy (non-hydrogen) atoms. The molecule has 0 aromatic heterocycles. The zero-order valence-corrected chi connectivity index (χ0v) is 12.7. The number of halogens is 1. The van der Waals surface area contributed by atoms with Gasteiger partial charge >= 0.3 is 0 Å². The van der Waals surface area contributed by atoms with Gasteiger partial charge in [0.15, 0.2) is 6.61 Å². The van der Waals surface area contributed by atoms with Crippen LogP contribution in [0.2, 0.25) is 0 Å². The van der Waals surface area contributed by atoms with Gasteiger partial charge in [-0.3, -0.25) is 9.52 Å². The van der Waals surface area contributed by atoms with E-state index in [2.05, 4.69) is 20.7 Å². The summed E-state index contributed by atoms with van der Waals surface area (Å²) in [5.74, 6) is -0.514. The molecule has 1 N–H and O–H groups in total. The lowest BCUT2D eigenvalue weighted by Gasteiger charge is -2.08. The molecule has 1 amide bonds. The van der Waals surface area contributed by atoms with Crippen molar-refractivity contribution >= 4 is 31.9 Å². The molecular formula is C11H14BrNO5S. The van der Waals surface area contributed by atoms with Gasteiger partial charge in [0.2, 0.25) is 10.0 Å². The first-order valence-corrected chi connectivity index (χ1v) is 7.78. The molecule has 0 heterocycles. The predicted molar refractivity (Wildman–Crippen MR) is 73.4 cm³/mol. The predicted octanol–water partition coefficient (Wildman–Crippen LogP) is 0.920. The number of nitrogens with one attached hydrogen (secondary N) is 1. The minimum absolute atomic E-state index is 0.0240. The van der Waals surface area contributed by atoms with Gasteiger partial charge in [0, 0.05) is 11.6 Å². The molecule has 0 aliphatic heterocycles. The molecule has 0 aliphatic carbocycles. The lowest BCUT2D eigenvalue weighted by Crippen LogP contribution is -2.36. The molecule has 0 atom stereocenters. The smallest absolute Gasteiger partial charge is 0.271 e. The molecule has 0 saturated carbocycles. The van der Waals surface area contributed by atoms with Crippen molar-refractivity contribution in [2.24, 2.45) is 0 Å². The van der Waals surface area contributed by atoms with Crippen molar-refractivity contribution in [3.63, 3.8) is 0 Å². The Labute approximate surface area is 120 Å². The van der Waals surface area contributed by atoms with Crippen LogP contribution in [0.25, 0.3) is 0 Å². The number of rotatable bonds is 7. The first kappa shape index (κ1) is 15.9. The summed E-state index contributed by atoms with van der Waals surface area (Å²) in [5.41, 5.74) is 0. The van der Waals surface area contributed by atoms with E-state index in [1.54, 1.807) is 24.3 Å². The largest absolute Gasteiger partial charge is 0.484 e. The first-order valence-electron chi connectivity index (χ1n) is 5.33. The van der Waals surface area contributed by atoms with Gasteiger partial charge in [0.1, 0.15) is 5.75 Å². The lowest BCUT2D eigenvalue weighted by molar-refractivity contribution is -0.121. The monoisotopic (exact) mass is 351 g/mol. The van der Waals surface area contributed by atoms with Crippen molar-refractivity contribution in [1.29, 1.82) is 0 Å². The number of methoxy groups -OCH3 is 1. The third-order valence-corrected chi connectivity index (χ3v) is 3.78. The minimum Gasteiger partial charge on any atom is -0.484 e. The van der Waals surface area contributed by atoms with E-state index >= 15 is 0 Å². The van der Waals surface area contributed by atoms with Crippen molar-refractivity contribution in [3.05, 3.63) is 28.7 Å². The van der Waals surface area contributed by atoms with Crippen molar-refractivity contribution in [1.82, 2.24) is 4.72 Å². The van der Waals surface area contributed by atoms with Crippen LogP contribution in [-0.2, 0) is 19.6 Å². The number of ether oxygens (including phenoxy) is 2. The standard InChI is InChI=1S/C11H14BrNO5S/c1-17-6-7-19(15,16)13-11(14)8-18-10-4-2-9(12)3-5-10/h2-5H,6-8H2,1H3,(H,13,14). The summed E-state index contributed by atoms with van der Waals surface area (Å²) in [5, 5.41) is 0. The van der Waals surface area contributed by atoms with Crippen LogP contribution < -0.4 is 9.46 Å². The van der Waals surface area contributed by atoms with Crippen LogP contribution in [0.4, 0.5) is 0 Å². The van der Waals surface area contributed by atoms with E-state index in [4.69, 9.17) is 4.74 Å². The number of benzene rings is 1. The van der Waals surface area contributed by atoms with E-state index < -0.39 is 15.9 Å². The van der Waals surface area contributed by atoms with Gasteiger partial charge in [-0.2, -0.15) is 0 Å². The molecule has 106 valence electrons. The number of carbonyl (C=O) groups excluding carboxylic acids is 1. The van der Waals surface area contributed by atoms with E-state index in [1.165, 1.54) is 7.11 Å². The molecule has 0 aliphatic rings. The maximum atomic E-state index is 11.4. The maximum Gasteiger partial charge on any atom is 0.271 e. The highest BCUT2D eigenvalue weighted by atomic mass is 79.9. The maximum absolute atomic E-state index is 11.4. The zero-order chi connectivity index (χ0) is 14.3. The Morgan fingerprint density at radius 2 is 1.95 bits per heavy atom. The summed E-state index contributed by atoms with van der Waals surface area (Å²) in [6, 6.07) is 6.83. The SMILES string of the molecule is COCCS(=O)(=O)NC(=O)COc1ccc(Br)cc1. The average molecular weight is 352 g/mol. The van der Waals surface area contributed by atoms with E-state index in [0.29, 0.717) is 5.75 Å². The Bertz CT molecular complexity index is 514. The molecule has 0 unspecified atom stereocenters. The van der Waals surface area contributed by atoms with Crippen LogP contribution >= 0.6 is 15.9 Å². The van der Waals surface area contributed by atoms with Crippen LogP contribution in [0.15, 0.2) is 28.7 Å². The van der Waals surface area contributed by atoms with Gasteiger partial charge in [-0.05, 0) is 24.3 Å². The van der Waals surface area contributed by atoms with Crippen molar-refractivity contribution in [3.8, 4) is 5.75 Å². The normalized spacial score (nSPS) is 11.1. The number of amides is 1. The van der Waals surface area contributed by atoms with Crippen LogP contribution in [0.3, 0.4) is 0 Å². The van der Waals surface area contributed by atoms with Crippen LogP contribution in [0.5, 0.6) is 5.75 Å². The Morgan fingerprint density at radius 1 is 1.32 bits per heavy atom. The fraction of sp³-hybridized carbons (Fsp3) is 0.364. The van der Waals surface area contributed by atoms with Gasteiger partial charge < -0.3 is 9.47 Å². The number of carbonyl (C=O) groups is 1. The summed E-state index contributed by atoms with van der Waals surface area (Å²) in [6.45, 7) is -0.343. The Kier molecular flexibility index (Phi) is 6.26. The molecular weight excluding hydrogens is 338 g/mol. The molecule has 1 aromatic rings. The Hall–Kier alpha value is -1.12. The number of hydrogen-bond donors (Lipinski definition) is 1. The fourth-order valence-corrected chi connectivity index (χ4v) is 2.28. The third kappa shape index (κ3) is 6.55.